The minimum absolute atomic E-state index is 0.0735. The van der Waals surface area contributed by atoms with Crippen LogP contribution in [0.2, 0.25) is 0 Å². The van der Waals surface area contributed by atoms with Gasteiger partial charge >= 0.3 is 24.3 Å². The summed E-state index contributed by atoms with van der Waals surface area (Å²) in [5.41, 5.74) is 0.709. The van der Waals surface area contributed by atoms with Crippen molar-refractivity contribution in [2.24, 2.45) is 5.92 Å². The summed E-state index contributed by atoms with van der Waals surface area (Å²) < 4.78 is 75.2. The number of furan rings is 1. The second-order valence-corrected chi connectivity index (χ2v) is 8.53. The highest BCUT2D eigenvalue weighted by molar-refractivity contribution is 5.94. The van der Waals surface area contributed by atoms with Crippen molar-refractivity contribution in [3.05, 3.63) is 48.2 Å². The van der Waals surface area contributed by atoms with Crippen LogP contribution in [0, 0.1) is 12.8 Å². The van der Waals surface area contributed by atoms with Crippen molar-refractivity contribution >= 4 is 23.5 Å². The maximum Gasteiger partial charge on any atom is 0.490 e. The van der Waals surface area contributed by atoms with Crippen LogP contribution >= 0.6 is 0 Å². The Bertz CT molecular complexity index is 1080. The number of pyridine rings is 1. The zero-order valence-electron chi connectivity index (χ0n) is 20.3. The maximum atomic E-state index is 12.4. The summed E-state index contributed by atoms with van der Waals surface area (Å²) in [5.74, 6) is -3.20. The highest BCUT2D eigenvalue weighted by Crippen LogP contribution is 2.34. The first-order valence-electron chi connectivity index (χ1n) is 11.3. The van der Waals surface area contributed by atoms with Gasteiger partial charge in [0.15, 0.2) is 0 Å². The number of ether oxygens (including phenoxy) is 1. The van der Waals surface area contributed by atoms with Crippen LogP contribution in [0.3, 0.4) is 0 Å². The van der Waals surface area contributed by atoms with E-state index in [0.29, 0.717) is 11.6 Å². The Balaban J connectivity index is 0.000000317. The van der Waals surface area contributed by atoms with E-state index in [-0.39, 0.29) is 18.1 Å². The summed E-state index contributed by atoms with van der Waals surface area (Å²) >= 11 is 0. The molecular weight excluding hydrogens is 544 g/mol. The normalized spacial score (nSPS) is 20.9. The molecule has 0 radical (unpaired) electrons. The number of aromatic nitrogens is 1. The van der Waals surface area contributed by atoms with E-state index in [9.17, 15) is 31.1 Å². The Morgan fingerprint density at radius 2 is 1.69 bits per heavy atom. The number of fused-ring (bicyclic) bond motifs is 1. The minimum atomic E-state index is -5.08. The zero-order chi connectivity index (χ0) is 29.4. The Morgan fingerprint density at radius 1 is 1.08 bits per heavy atom. The number of aryl methyl sites for hydroxylation is 1. The highest BCUT2D eigenvalue weighted by atomic mass is 19.4. The number of hydrogen-bond acceptors (Lipinski definition) is 7. The van der Waals surface area contributed by atoms with Crippen molar-refractivity contribution < 1.29 is 60.1 Å². The number of piperidine rings is 1. The number of carboxylic acids is 2. The molecule has 39 heavy (non-hydrogen) atoms. The SMILES string of the molecule is Cc1ccc(CN2CC[C@H]3C[C@@H](C(=O)Nc4cccnc4)O[C@@H]3C2)o1.O=C(O)C(F)(F)F.O=C(O)C(F)(F)F. The molecule has 0 spiro atoms. The third-order valence-corrected chi connectivity index (χ3v) is 5.52. The molecule has 2 aromatic heterocycles. The number of carboxylic acid groups (broad SMARTS) is 2. The summed E-state index contributed by atoms with van der Waals surface area (Å²) in [6, 6.07) is 7.66. The average Bonchev–Trinajstić information content (AvgIpc) is 3.45. The van der Waals surface area contributed by atoms with Gasteiger partial charge in [-0.1, -0.05) is 0 Å². The fraction of sp³-hybridized carbons (Fsp3) is 0.478. The van der Waals surface area contributed by atoms with Crippen molar-refractivity contribution in [3.8, 4) is 0 Å². The van der Waals surface area contributed by atoms with Crippen molar-refractivity contribution in [1.29, 1.82) is 0 Å². The molecule has 2 aromatic rings. The molecule has 0 bridgehead atoms. The number of amides is 1. The lowest BCUT2D eigenvalue weighted by Gasteiger charge is -2.33. The molecule has 2 aliphatic heterocycles. The third kappa shape index (κ3) is 10.6. The molecule has 2 aliphatic rings. The Kier molecular flexibility index (Phi) is 10.9. The van der Waals surface area contributed by atoms with Gasteiger partial charge in [-0.05, 0) is 56.5 Å². The largest absolute Gasteiger partial charge is 0.490 e. The number of halogens is 6. The first-order chi connectivity index (χ1) is 18.1. The molecule has 3 N–H and O–H groups in total. The number of aliphatic carboxylic acids is 2. The second kappa shape index (κ2) is 13.4. The molecule has 0 aromatic carbocycles. The summed E-state index contributed by atoms with van der Waals surface area (Å²) in [4.78, 5) is 36.6. The van der Waals surface area contributed by atoms with Gasteiger partial charge in [0.2, 0.25) is 0 Å². The quantitative estimate of drug-likeness (QED) is 0.468. The monoisotopic (exact) mass is 569 g/mol. The van der Waals surface area contributed by atoms with Gasteiger partial charge in [0.1, 0.15) is 17.6 Å². The van der Waals surface area contributed by atoms with Gasteiger partial charge < -0.3 is 24.7 Å². The molecule has 0 aliphatic carbocycles. The number of anilines is 1. The van der Waals surface area contributed by atoms with Crippen LogP contribution in [0.4, 0.5) is 32.0 Å². The third-order valence-electron chi connectivity index (χ3n) is 5.52. The predicted octanol–water partition coefficient (Wildman–Crippen LogP) is 3.87. The number of nitrogens with zero attached hydrogens (tertiary/aromatic N) is 2. The lowest BCUT2D eigenvalue weighted by molar-refractivity contribution is -0.193. The number of hydrogen-bond donors (Lipinski definition) is 3. The number of alkyl halides is 6. The smallest absolute Gasteiger partial charge is 0.475 e. The van der Waals surface area contributed by atoms with Crippen LogP contribution in [0.25, 0.3) is 0 Å². The highest BCUT2D eigenvalue weighted by Gasteiger charge is 2.42. The van der Waals surface area contributed by atoms with Crippen molar-refractivity contribution in [2.45, 2.75) is 50.9 Å². The topological polar surface area (TPSA) is 142 Å². The number of rotatable bonds is 4. The van der Waals surface area contributed by atoms with E-state index >= 15 is 0 Å². The average molecular weight is 569 g/mol. The molecule has 4 heterocycles. The lowest BCUT2D eigenvalue weighted by atomic mass is 9.91. The van der Waals surface area contributed by atoms with Gasteiger partial charge in [0.05, 0.1) is 24.5 Å². The minimum Gasteiger partial charge on any atom is -0.475 e. The fourth-order valence-electron chi connectivity index (χ4n) is 3.76. The molecule has 2 saturated heterocycles. The van der Waals surface area contributed by atoms with Crippen LogP contribution < -0.4 is 5.32 Å². The molecule has 16 heteroatoms. The van der Waals surface area contributed by atoms with Gasteiger partial charge in [-0.25, -0.2) is 9.59 Å². The van der Waals surface area contributed by atoms with Gasteiger partial charge in [-0.3, -0.25) is 14.7 Å². The summed E-state index contributed by atoms with van der Waals surface area (Å²) in [6.45, 7) is 4.62. The van der Waals surface area contributed by atoms with Gasteiger partial charge in [0.25, 0.3) is 5.91 Å². The number of carbonyl (C=O) groups excluding carboxylic acids is 1. The van der Waals surface area contributed by atoms with Gasteiger partial charge in [-0.15, -0.1) is 0 Å². The fourth-order valence-corrected chi connectivity index (χ4v) is 3.76. The van der Waals surface area contributed by atoms with Crippen molar-refractivity contribution in [2.75, 3.05) is 18.4 Å². The molecular formula is C23H25F6N3O7. The Labute approximate surface area is 217 Å². The Hall–Kier alpha value is -3.66. The number of likely N-dealkylation sites (tertiary alicyclic amines) is 1. The van der Waals surface area contributed by atoms with E-state index in [1.54, 1.807) is 18.5 Å². The second-order valence-electron chi connectivity index (χ2n) is 8.53. The van der Waals surface area contributed by atoms with Crippen LogP contribution in [0.1, 0.15) is 24.4 Å². The maximum absolute atomic E-state index is 12.4. The molecule has 3 atom stereocenters. The van der Waals surface area contributed by atoms with Crippen molar-refractivity contribution in [3.63, 3.8) is 0 Å². The summed E-state index contributed by atoms with van der Waals surface area (Å²) in [6.07, 6.45) is -5.24. The standard InChI is InChI=1S/C19H23N3O3.2C2HF3O2/c1-13-4-5-16(24-13)11-22-8-6-14-9-17(25-18(14)12-22)19(23)21-15-3-2-7-20-10-15;2*3-2(4,5)1(6)7/h2-5,7,10,14,17-18H,6,8-9,11-12H2,1H3,(H,21,23);2*(H,6,7)/t14-,17-,18+;;/m0../s1. The van der Waals surface area contributed by atoms with E-state index in [2.05, 4.69) is 15.2 Å². The van der Waals surface area contributed by atoms with E-state index in [1.165, 1.54) is 0 Å². The summed E-state index contributed by atoms with van der Waals surface area (Å²) in [7, 11) is 0. The van der Waals surface area contributed by atoms with Crippen molar-refractivity contribution in [1.82, 2.24) is 9.88 Å². The predicted molar refractivity (Wildman–Crippen MR) is 120 cm³/mol. The molecule has 10 nitrogen and oxygen atoms in total. The van der Waals surface area contributed by atoms with E-state index in [1.807, 2.05) is 25.1 Å². The van der Waals surface area contributed by atoms with Crippen LogP contribution in [0.15, 0.2) is 41.1 Å². The number of nitrogens with one attached hydrogen (secondary N) is 1. The molecule has 4 rings (SSSR count). The van der Waals surface area contributed by atoms with Crippen LogP contribution in [-0.2, 0) is 25.7 Å². The van der Waals surface area contributed by atoms with Gasteiger partial charge in [0, 0.05) is 12.7 Å². The van der Waals surface area contributed by atoms with Crippen LogP contribution in [-0.4, -0.2) is 75.6 Å². The molecule has 0 unspecified atom stereocenters. The number of carbonyl (C=O) groups is 3. The van der Waals surface area contributed by atoms with E-state index in [4.69, 9.17) is 29.0 Å². The van der Waals surface area contributed by atoms with Crippen LogP contribution in [0.5, 0.6) is 0 Å². The van der Waals surface area contributed by atoms with E-state index < -0.39 is 24.3 Å². The van der Waals surface area contributed by atoms with E-state index in [0.717, 1.165) is 44.0 Å². The zero-order valence-corrected chi connectivity index (χ0v) is 20.3. The molecule has 1 amide bonds. The lowest BCUT2D eigenvalue weighted by Crippen LogP contribution is -2.41. The summed E-state index contributed by atoms with van der Waals surface area (Å²) in [5, 5.41) is 17.1. The molecule has 0 saturated carbocycles. The first kappa shape index (κ1) is 31.6. The first-order valence-corrected chi connectivity index (χ1v) is 11.3. The van der Waals surface area contributed by atoms with Gasteiger partial charge in [-0.2, -0.15) is 26.3 Å². The molecule has 2 fully saturated rings. The molecule has 216 valence electrons. The Morgan fingerprint density at radius 3 is 2.18 bits per heavy atom.